The number of rotatable bonds is 15. The number of carboxylic acid groups (broad SMARTS) is 1. The van der Waals surface area contributed by atoms with E-state index in [1.807, 2.05) is 26.2 Å². The first-order valence-corrected chi connectivity index (χ1v) is 18.7. The quantitative estimate of drug-likeness (QED) is 0.0893. The monoisotopic (exact) mass is 775 g/mol. The molecule has 1 aliphatic rings. The smallest absolute Gasteiger partial charge is 0.326 e. The van der Waals surface area contributed by atoms with E-state index in [2.05, 4.69) is 82.6 Å². The van der Waals surface area contributed by atoms with E-state index < -0.39 is 18.1 Å². The van der Waals surface area contributed by atoms with Crippen LogP contribution in [0.4, 0.5) is 0 Å². The Hall–Kier alpha value is -5.35. The minimum absolute atomic E-state index is 0.0182. The van der Waals surface area contributed by atoms with Crippen LogP contribution >= 0.6 is 11.6 Å². The van der Waals surface area contributed by atoms with Crippen LogP contribution in [-0.2, 0) is 36.5 Å². The molecule has 0 fully saturated rings. The lowest BCUT2D eigenvalue weighted by molar-refractivity contribution is -0.145. The number of carboxylic acids is 1. The number of nitriles is 1. The number of hydrogen-bond acceptors (Lipinski definition) is 10. The van der Waals surface area contributed by atoms with Crippen LogP contribution in [0.1, 0.15) is 57.9 Å². The number of likely N-dealkylation sites (N-methyl/N-ethyl adjacent to an activating group) is 1. The van der Waals surface area contributed by atoms with Gasteiger partial charge >= 0.3 is 5.97 Å². The van der Waals surface area contributed by atoms with Crippen molar-refractivity contribution in [2.45, 2.75) is 64.4 Å². The van der Waals surface area contributed by atoms with E-state index in [9.17, 15) is 25.4 Å². The second-order valence-electron chi connectivity index (χ2n) is 14.7. The van der Waals surface area contributed by atoms with Gasteiger partial charge < -0.3 is 24.8 Å². The minimum Gasteiger partial charge on any atom is -0.480 e. The highest BCUT2D eigenvalue weighted by Gasteiger charge is 2.40. The molecule has 2 heterocycles. The van der Waals surface area contributed by atoms with Gasteiger partial charge in [-0.25, -0.2) is 0 Å². The molecule has 4 N–H and O–H groups in total. The van der Waals surface area contributed by atoms with Gasteiger partial charge in [-0.2, -0.15) is 10.2 Å². The number of aliphatic hydroxyl groups excluding tert-OH is 2. The van der Waals surface area contributed by atoms with E-state index in [4.69, 9.17) is 21.1 Å². The summed E-state index contributed by atoms with van der Waals surface area (Å²) >= 11 is 6.71. The lowest BCUT2D eigenvalue weighted by Gasteiger charge is -2.35. The van der Waals surface area contributed by atoms with Crippen LogP contribution in [0.15, 0.2) is 79.1 Å². The van der Waals surface area contributed by atoms with E-state index in [-0.39, 0.29) is 48.7 Å². The van der Waals surface area contributed by atoms with Gasteiger partial charge in [0.1, 0.15) is 29.8 Å². The third-order valence-electron chi connectivity index (χ3n) is 11.0. The summed E-state index contributed by atoms with van der Waals surface area (Å²) in [5.41, 5.74) is 9.51. The van der Waals surface area contributed by atoms with Gasteiger partial charge in [0.15, 0.2) is 0 Å². The molecular weight excluding hydrogens is 730 g/mol. The fourth-order valence-corrected chi connectivity index (χ4v) is 7.53. The summed E-state index contributed by atoms with van der Waals surface area (Å²) in [5.74, 6) is -0.964. The Morgan fingerprint density at radius 2 is 1.68 bits per heavy atom. The molecule has 12 heteroatoms. The maximum atomic E-state index is 11.8. The van der Waals surface area contributed by atoms with Crippen molar-refractivity contribution in [3.63, 3.8) is 0 Å². The minimum atomic E-state index is -1.62. The standard InChI is InChI=1S/C44H46ClN5O6/c1-27-33(8-6-10-36(27)37-11-7-9-35(28(37)2)31-12-13-38-32(17-31)14-15-44(38,26-52)50(4)5)24-56-41-39(45)18-34(22-48-43(3,25-51)42(53)54)40(49-41)55-23-30-16-29(19-46)20-47-21-30/h6-13,16-18,20-21,48,51-52H,14-15,22-26H2,1-5H3,(H,53,54)/t43?,44-/m0/s1. The van der Waals surface area contributed by atoms with E-state index in [0.717, 1.165) is 51.8 Å². The molecule has 5 aromatic rings. The summed E-state index contributed by atoms with van der Waals surface area (Å²) in [4.78, 5) is 22.7. The normalized spacial score (nSPS) is 15.9. The molecule has 56 heavy (non-hydrogen) atoms. The van der Waals surface area contributed by atoms with Gasteiger partial charge in [0.2, 0.25) is 11.8 Å². The fourth-order valence-electron chi connectivity index (χ4n) is 7.30. The fraction of sp³-hybridized carbons (Fsp3) is 0.318. The molecule has 0 spiro atoms. The number of aliphatic carboxylic acids is 1. The maximum Gasteiger partial charge on any atom is 0.326 e. The Kier molecular flexibility index (Phi) is 12.1. The van der Waals surface area contributed by atoms with Crippen molar-refractivity contribution in [1.82, 2.24) is 20.2 Å². The number of ether oxygens (including phenoxy) is 2. The third-order valence-corrected chi connectivity index (χ3v) is 11.3. The molecule has 1 aliphatic carbocycles. The van der Waals surface area contributed by atoms with Crippen LogP contribution in [-0.4, -0.2) is 69.0 Å². The molecular formula is C44H46ClN5O6. The molecule has 0 bridgehead atoms. The van der Waals surface area contributed by atoms with Crippen LogP contribution in [0.2, 0.25) is 5.02 Å². The number of nitrogens with zero attached hydrogens (tertiary/aromatic N) is 4. The Morgan fingerprint density at radius 1 is 0.964 bits per heavy atom. The van der Waals surface area contributed by atoms with Gasteiger partial charge in [-0.3, -0.25) is 20.0 Å². The zero-order valence-electron chi connectivity index (χ0n) is 32.2. The largest absolute Gasteiger partial charge is 0.480 e. The number of aromatic nitrogens is 2. The Labute approximate surface area is 332 Å². The number of halogens is 1. The van der Waals surface area contributed by atoms with E-state index >= 15 is 0 Å². The average Bonchev–Trinajstić information content (AvgIpc) is 3.59. The topological polar surface area (TPSA) is 161 Å². The van der Waals surface area contributed by atoms with Gasteiger partial charge in [-0.15, -0.1) is 0 Å². The highest BCUT2D eigenvalue weighted by atomic mass is 35.5. The second-order valence-corrected chi connectivity index (χ2v) is 15.1. The predicted octanol–water partition coefficient (Wildman–Crippen LogP) is 6.73. The number of nitrogens with one attached hydrogen (secondary N) is 1. The third kappa shape index (κ3) is 7.98. The zero-order chi connectivity index (χ0) is 40.2. The van der Waals surface area contributed by atoms with Crippen LogP contribution < -0.4 is 14.8 Å². The molecule has 6 rings (SSSR count). The summed E-state index contributed by atoms with van der Waals surface area (Å²) < 4.78 is 12.3. The lowest BCUT2D eigenvalue weighted by Crippen LogP contribution is -2.52. The van der Waals surface area contributed by atoms with Crippen molar-refractivity contribution in [1.29, 1.82) is 5.26 Å². The van der Waals surface area contributed by atoms with E-state index in [0.29, 0.717) is 16.7 Å². The number of pyridine rings is 2. The Morgan fingerprint density at radius 3 is 2.38 bits per heavy atom. The van der Waals surface area contributed by atoms with Crippen LogP contribution in [0.25, 0.3) is 22.3 Å². The Balaban J connectivity index is 1.26. The highest BCUT2D eigenvalue weighted by Crippen LogP contribution is 2.43. The molecule has 3 aromatic carbocycles. The van der Waals surface area contributed by atoms with Crippen LogP contribution in [0.5, 0.6) is 11.8 Å². The SMILES string of the molecule is Cc1c(COc2nc(OCc3cncc(C#N)c3)c(CNC(C)(CO)C(=O)O)cc2Cl)cccc1-c1cccc(-c2ccc3c(c2)CC[C@@]3(CO)N(C)C)c1C. The first kappa shape index (κ1) is 40.3. The first-order chi connectivity index (χ1) is 26.8. The molecule has 0 aliphatic heterocycles. The summed E-state index contributed by atoms with van der Waals surface area (Å²) in [6.45, 7) is 5.15. The Bertz CT molecular complexity index is 2310. The summed E-state index contributed by atoms with van der Waals surface area (Å²) in [5, 5.41) is 42.1. The van der Waals surface area contributed by atoms with E-state index in [1.165, 1.54) is 24.2 Å². The first-order valence-electron chi connectivity index (χ1n) is 18.3. The molecule has 0 amide bonds. The van der Waals surface area contributed by atoms with Crippen molar-refractivity contribution in [2.75, 3.05) is 27.3 Å². The molecule has 11 nitrogen and oxygen atoms in total. The number of aliphatic hydroxyl groups is 2. The van der Waals surface area contributed by atoms with Gasteiger partial charge in [0.25, 0.3) is 0 Å². The molecule has 2 atom stereocenters. The number of carbonyl (C=O) groups is 1. The number of benzene rings is 3. The predicted molar refractivity (Wildman–Crippen MR) is 214 cm³/mol. The number of hydrogen-bond donors (Lipinski definition) is 4. The van der Waals surface area contributed by atoms with Crippen molar-refractivity contribution >= 4 is 17.6 Å². The molecule has 2 aromatic heterocycles. The van der Waals surface area contributed by atoms with Gasteiger partial charge in [0, 0.05) is 30.1 Å². The highest BCUT2D eigenvalue weighted by molar-refractivity contribution is 6.31. The summed E-state index contributed by atoms with van der Waals surface area (Å²) in [6.07, 6.45) is 4.82. The van der Waals surface area contributed by atoms with E-state index in [1.54, 1.807) is 18.3 Å². The average molecular weight is 776 g/mol. The maximum absolute atomic E-state index is 11.8. The van der Waals surface area contributed by atoms with Gasteiger partial charge in [-0.1, -0.05) is 66.2 Å². The van der Waals surface area contributed by atoms with Crippen LogP contribution in [0.3, 0.4) is 0 Å². The number of fused-ring (bicyclic) bond motifs is 1. The lowest BCUT2D eigenvalue weighted by atomic mass is 9.87. The number of aryl methyl sites for hydroxylation is 1. The second kappa shape index (κ2) is 16.8. The zero-order valence-corrected chi connectivity index (χ0v) is 32.9. The van der Waals surface area contributed by atoms with Crippen molar-refractivity contribution in [3.8, 4) is 40.1 Å². The summed E-state index contributed by atoms with van der Waals surface area (Å²) in [6, 6.07) is 24.4. The molecule has 0 saturated heterocycles. The van der Waals surface area contributed by atoms with Crippen molar-refractivity contribution in [3.05, 3.63) is 129 Å². The van der Waals surface area contributed by atoms with Crippen molar-refractivity contribution < 1.29 is 29.6 Å². The molecule has 0 saturated carbocycles. The molecule has 0 radical (unpaired) electrons. The van der Waals surface area contributed by atoms with Gasteiger partial charge in [0.05, 0.1) is 24.3 Å². The van der Waals surface area contributed by atoms with Gasteiger partial charge in [-0.05, 0) is 110 Å². The van der Waals surface area contributed by atoms with Crippen LogP contribution in [0, 0.1) is 25.2 Å². The summed E-state index contributed by atoms with van der Waals surface area (Å²) in [7, 11) is 4.05. The molecule has 1 unspecified atom stereocenters. The van der Waals surface area contributed by atoms with Crippen molar-refractivity contribution in [2.24, 2.45) is 0 Å². The molecule has 290 valence electrons.